The molecular weight excluding hydrogens is 198 g/mol. The van der Waals surface area contributed by atoms with Gasteiger partial charge in [-0.1, -0.05) is 0 Å². The van der Waals surface area contributed by atoms with E-state index in [1.54, 1.807) is 0 Å². The largest absolute Gasteiger partial charge is 0.380 e. The van der Waals surface area contributed by atoms with E-state index in [0.29, 0.717) is 6.04 Å². The lowest BCUT2D eigenvalue weighted by molar-refractivity contribution is 0.145. The van der Waals surface area contributed by atoms with Gasteiger partial charge in [0.2, 0.25) is 0 Å². The molecule has 3 heteroatoms. The summed E-state index contributed by atoms with van der Waals surface area (Å²) >= 11 is 5.92. The first-order valence-corrected chi connectivity index (χ1v) is 6.31. The van der Waals surface area contributed by atoms with Gasteiger partial charge in [-0.2, -0.15) is 0 Å². The van der Waals surface area contributed by atoms with Crippen molar-refractivity contribution in [2.45, 2.75) is 31.7 Å². The molecule has 0 aromatic rings. The molecular formula is C11H20ClNO. The molecule has 2 saturated heterocycles. The maximum Gasteiger partial charge on any atom is 0.0622 e. The van der Waals surface area contributed by atoms with Crippen molar-refractivity contribution >= 4 is 11.6 Å². The van der Waals surface area contributed by atoms with E-state index >= 15 is 0 Å². The Morgan fingerprint density at radius 2 is 2.14 bits per heavy atom. The number of hydrogen-bond acceptors (Lipinski definition) is 2. The summed E-state index contributed by atoms with van der Waals surface area (Å²) in [6.07, 6.45) is 5.13. The third kappa shape index (κ3) is 2.62. The molecule has 2 atom stereocenters. The quantitative estimate of drug-likeness (QED) is 0.657. The first kappa shape index (κ1) is 10.7. The number of rotatable bonds is 2. The van der Waals surface area contributed by atoms with Crippen LogP contribution < -0.4 is 0 Å². The molecule has 2 aliphatic heterocycles. The van der Waals surface area contributed by atoms with Crippen LogP contribution >= 0.6 is 11.6 Å². The molecule has 2 rings (SSSR count). The predicted octanol–water partition coefficient (Wildman–Crippen LogP) is 2.12. The summed E-state index contributed by atoms with van der Waals surface area (Å²) in [5.74, 6) is 1.60. The number of alkyl halides is 1. The number of likely N-dealkylation sites (tertiary alicyclic amines) is 1. The first-order chi connectivity index (χ1) is 6.90. The van der Waals surface area contributed by atoms with E-state index in [9.17, 15) is 0 Å². The van der Waals surface area contributed by atoms with Crippen molar-refractivity contribution in [3.05, 3.63) is 0 Å². The Hall–Kier alpha value is 0.210. The van der Waals surface area contributed by atoms with E-state index in [1.165, 1.54) is 38.8 Å². The third-order valence-electron chi connectivity index (χ3n) is 3.52. The Morgan fingerprint density at radius 3 is 2.86 bits per heavy atom. The zero-order valence-electron chi connectivity index (χ0n) is 8.75. The predicted molar refractivity (Wildman–Crippen MR) is 58.9 cm³/mol. The van der Waals surface area contributed by atoms with Crippen molar-refractivity contribution in [3.8, 4) is 0 Å². The van der Waals surface area contributed by atoms with Crippen LogP contribution in [-0.2, 0) is 4.74 Å². The van der Waals surface area contributed by atoms with E-state index in [1.807, 2.05) is 0 Å². The minimum Gasteiger partial charge on any atom is -0.380 e. The molecule has 0 bridgehead atoms. The lowest BCUT2D eigenvalue weighted by Crippen LogP contribution is -2.36. The lowest BCUT2D eigenvalue weighted by atomic mass is 10.0. The molecule has 82 valence electrons. The Balaban J connectivity index is 1.82. The fourth-order valence-corrected chi connectivity index (χ4v) is 2.83. The zero-order chi connectivity index (χ0) is 9.80. The molecule has 0 aromatic carbocycles. The second kappa shape index (κ2) is 5.34. The van der Waals surface area contributed by atoms with Crippen LogP contribution in [0, 0.1) is 5.92 Å². The van der Waals surface area contributed by atoms with Gasteiger partial charge in [-0.25, -0.2) is 0 Å². The fourth-order valence-electron chi connectivity index (χ4n) is 2.52. The van der Waals surface area contributed by atoms with Crippen molar-refractivity contribution in [1.82, 2.24) is 4.90 Å². The Morgan fingerprint density at radius 1 is 1.21 bits per heavy atom. The highest BCUT2D eigenvalue weighted by Crippen LogP contribution is 2.22. The summed E-state index contributed by atoms with van der Waals surface area (Å²) in [5, 5.41) is 0. The van der Waals surface area contributed by atoms with Crippen LogP contribution in [0.2, 0.25) is 0 Å². The van der Waals surface area contributed by atoms with Gasteiger partial charge in [0.15, 0.2) is 0 Å². The van der Waals surface area contributed by atoms with Gasteiger partial charge >= 0.3 is 0 Å². The summed E-state index contributed by atoms with van der Waals surface area (Å²) < 4.78 is 5.44. The Kier molecular flexibility index (Phi) is 4.09. The molecule has 0 amide bonds. The van der Waals surface area contributed by atoms with E-state index < -0.39 is 0 Å². The average molecular weight is 218 g/mol. The molecule has 14 heavy (non-hydrogen) atoms. The van der Waals surface area contributed by atoms with Crippen molar-refractivity contribution in [1.29, 1.82) is 0 Å². The number of hydrogen-bond donors (Lipinski definition) is 0. The van der Waals surface area contributed by atoms with Gasteiger partial charge in [-0.3, -0.25) is 4.90 Å². The number of ether oxygens (including phenoxy) is 1. The van der Waals surface area contributed by atoms with Crippen molar-refractivity contribution in [3.63, 3.8) is 0 Å². The second-order valence-corrected chi connectivity index (χ2v) is 4.81. The number of halogens is 1. The molecule has 0 aromatic heterocycles. The standard InChI is InChI=1S/C11H20ClNO/c12-8-10-2-1-5-13(6-3-10)11-4-7-14-9-11/h10-11H,1-9H2. The molecule has 0 saturated carbocycles. The van der Waals surface area contributed by atoms with Gasteiger partial charge in [-0.05, 0) is 44.7 Å². The fraction of sp³-hybridized carbons (Fsp3) is 1.00. The molecule has 0 N–H and O–H groups in total. The van der Waals surface area contributed by atoms with E-state index in [0.717, 1.165) is 25.0 Å². The normalized spacial score (nSPS) is 35.8. The topological polar surface area (TPSA) is 12.5 Å². The first-order valence-electron chi connectivity index (χ1n) is 5.78. The summed E-state index contributed by atoms with van der Waals surface area (Å²) in [5.41, 5.74) is 0. The van der Waals surface area contributed by atoms with Crippen LogP contribution in [-0.4, -0.2) is 43.1 Å². The third-order valence-corrected chi connectivity index (χ3v) is 3.96. The lowest BCUT2D eigenvalue weighted by Gasteiger charge is -2.25. The van der Waals surface area contributed by atoms with Gasteiger partial charge in [0.1, 0.15) is 0 Å². The van der Waals surface area contributed by atoms with Gasteiger partial charge in [-0.15, -0.1) is 11.6 Å². The SMILES string of the molecule is ClCC1CCCN(C2CCOC2)CC1. The minimum atomic E-state index is 0.698. The van der Waals surface area contributed by atoms with Crippen molar-refractivity contribution < 1.29 is 4.74 Å². The van der Waals surface area contributed by atoms with Crippen LogP contribution in [0.1, 0.15) is 25.7 Å². The van der Waals surface area contributed by atoms with E-state index in [-0.39, 0.29) is 0 Å². The van der Waals surface area contributed by atoms with Crippen LogP contribution in [0.15, 0.2) is 0 Å². The smallest absolute Gasteiger partial charge is 0.0622 e. The molecule has 2 heterocycles. The van der Waals surface area contributed by atoms with Gasteiger partial charge < -0.3 is 4.74 Å². The van der Waals surface area contributed by atoms with Crippen molar-refractivity contribution in [2.75, 3.05) is 32.2 Å². The van der Waals surface area contributed by atoms with Crippen LogP contribution in [0.5, 0.6) is 0 Å². The maximum atomic E-state index is 5.92. The number of nitrogens with zero attached hydrogens (tertiary/aromatic N) is 1. The summed E-state index contributed by atoms with van der Waals surface area (Å²) in [6.45, 7) is 4.39. The monoisotopic (exact) mass is 217 g/mol. The summed E-state index contributed by atoms with van der Waals surface area (Å²) in [7, 11) is 0. The van der Waals surface area contributed by atoms with Crippen LogP contribution in [0.25, 0.3) is 0 Å². The summed E-state index contributed by atoms with van der Waals surface area (Å²) in [6, 6.07) is 0.698. The van der Waals surface area contributed by atoms with Gasteiger partial charge in [0.05, 0.1) is 6.61 Å². The van der Waals surface area contributed by atoms with Crippen LogP contribution in [0.3, 0.4) is 0 Å². The van der Waals surface area contributed by atoms with Crippen LogP contribution in [0.4, 0.5) is 0 Å². The molecule has 2 nitrogen and oxygen atoms in total. The average Bonchev–Trinajstić information content (AvgIpc) is 2.63. The molecule has 2 fully saturated rings. The Labute approximate surface area is 91.6 Å². The van der Waals surface area contributed by atoms with E-state index in [2.05, 4.69) is 4.90 Å². The van der Waals surface area contributed by atoms with E-state index in [4.69, 9.17) is 16.3 Å². The highest BCUT2D eigenvalue weighted by atomic mass is 35.5. The molecule has 0 radical (unpaired) electrons. The minimum absolute atomic E-state index is 0.698. The highest BCUT2D eigenvalue weighted by molar-refractivity contribution is 6.18. The second-order valence-electron chi connectivity index (χ2n) is 4.50. The highest BCUT2D eigenvalue weighted by Gasteiger charge is 2.25. The maximum absolute atomic E-state index is 5.92. The molecule has 2 unspecified atom stereocenters. The molecule has 0 spiro atoms. The van der Waals surface area contributed by atoms with Gasteiger partial charge in [0, 0.05) is 18.5 Å². The van der Waals surface area contributed by atoms with Gasteiger partial charge in [0.25, 0.3) is 0 Å². The summed E-state index contributed by atoms with van der Waals surface area (Å²) in [4.78, 5) is 2.61. The zero-order valence-corrected chi connectivity index (χ0v) is 9.51. The molecule has 2 aliphatic rings. The van der Waals surface area contributed by atoms with Crippen molar-refractivity contribution in [2.24, 2.45) is 5.92 Å². The Bertz CT molecular complexity index is 171. The molecule has 0 aliphatic carbocycles.